The van der Waals surface area contributed by atoms with Gasteiger partial charge < -0.3 is 10.2 Å². The van der Waals surface area contributed by atoms with Crippen LogP contribution in [0.15, 0.2) is 71.6 Å². The van der Waals surface area contributed by atoms with Gasteiger partial charge in [-0.15, -0.1) is 0 Å². The van der Waals surface area contributed by atoms with Crippen LogP contribution >= 0.6 is 11.3 Å². The summed E-state index contributed by atoms with van der Waals surface area (Å²) in [7, 11) is -3.90. The molecule has 1 saturated heterocycles. The Morgan fingerprint density at radius 2 is 1.79 bits per heavy atom. The Bertz CT molecular complexity index is 1570. The monoisotopic (exact) mass is 567 g/mol. The molecule has 0 aliphatic carbocycles. The molecule has 1 aromatic heterocycles. The molecule has 0 radical (unpaired) electrons. The van der Waals surface area contributed by atoms with Crippen LogP contribution in [0.1, 0.15) is 22.8 Å². The number of benzene rings is 3. The SMILES string of the molecule is CCc1ccc2nc(N3CCN(CCNC(=O)c4cccc(NS(=O)(=O)c5ccc(F)cc5)c4)CC3)sc2c1. The highest BCUT2D eigenvalue weighted by atomic mass is 32.2. The molecule has 8 nitrogen and oxygen atoms in total. The molecule has 1 fully saturated rings. The molecule has 4 aromatic rings. The molecule has 39 heavy (non-hydrogen) atoms. The number of rotatable bonds is 9. The molecule has 5 rings (SSSR count). The third kappa shape index (κ3) is 6.55. The standard InChI is InChI=1S/C28H30FN5O3S2/c1-2-20-6-11-25-26(18-20)38-28(31-25)34-16-14-33(15-17-34)13-12-30-27(35)21-4-3-5-23(19-21)32-39(36,37)24-9-7-22(29)8-10-24/h3-11,18-19,32H,2,12-17H2,1H3,(H,30,35). The number of halogens is 1. The van der Waals surface area contributed by atoms with Crippen molar-refractivity contribution < 1.29 is 17.6 Å². The van der Waals surface area contributed by atoms with Gasteiger partial charge in [-0.2, -0.15) is 0 Å². The Morgan fingerprint density at radius 1 is 1.03 bits per heavy atom. The predicted molar refractivity (Wildman–Crippen MR) is 154 cm³/mol. The van der Waals surface area contributed by atoms with Gasteiger partial charge in [0.1, 0.15) is 5.82 Å². The molecule has 0 atom stereocenters. The van der Waals surface area contributed by atoms with E-state index in [-0.39, 0.29) is 16.5 Å². The van der Waals surface area contributed by atoms with E-state index < -0.39 is 15.8 Å². The van der Waals surface area contributed by atoms with Crippen molar-refractivity contribution in [2.45, 2.75) is 18.2 Å². The van der Waals surface area contributed by atoms with E-state index in [4.69, 9.17) is 4.98 Å². The number of hydrogen-bond donors (Lipinski definition) is 2. The first kappa shape index (κ1) is 27.0. The highest BCUT2D eigenvalue weighted by Gasteiger charge is 2.20. The van der Waals surface area contributed by atoms with Crippen LogP contribution < -0.4 is 14.9 Å². The van der Waals surface area contributed by atoms with Crippen molar-refractivity contribution in [3.05, 3.63) is 83.7 Å². The number of aromatic nitrogens is 1. The number of aryl methyl sites for hydroxylation is 1. The second-order valence-electron chi connectivity index (χ2n) is 9.38. The third-order valence-corrected chi connectivity index (χ3v) is 9.18. The number of carbonyl (C=O) groups is 1. The van der Waals surface area contributed by atoms with Crippen LogP contribution in [0.2, 0.25) is 0 Å². The summed E-state index contributed by atoms with van der Waals surface area (Å²) in [4.78, 5) is 22.1. The summed E-state index contributed by atoms with van der Waals surface area (Å²) in [6.07, 6.45) is 1.01. The Hall–Kier alpha value is -3.54. The van der Waals surface area contributed by atoms with E-state index in [0.29, 0.717) is 12.1 Å². The van der Waals surface area contributed by atoms with E-state index in [2.05, 4.69) is 45.0 Å². The number of sulfonamides is 1. The molecule has 1 aliphatic rings. The molecule has 0 spiro atoms. The molecule has 204 valence electrons. The molecule has 1 amide bonds. The van der Waals surface area contributed by atoms with E-state index in [9.17, 15) is 17.6 Å². The Balaban J connectivity index is 1.10. The minimum Gasteiger partial charge on any atom is -0.351 e. The number of nitrogens with zero attached hydrogens (tertiary/aromatic N) is 3. The molecule has 2 N–H and O–H groups in total. The number of thiazole rings is 1. The zero-order valence-electron chi connectivity index (χ0n) is 21.6. The fourth-order valence-electron chi connectivity index (χ4n) is 4.46. The smallest absolute Gasteiger partial charge is 0.261 e. The lowest BCUT2D eigenvalue weighted by atomic mass is 10.2. The molecular formula is C28H30FN5O3S2. The highest BCUT2D eigenvalue weighted by molar-refractivity contribution is 7.92. The van der Waals surface area contributed by atoms with Gasteiger partial charge in [0, 0.05) is 50.5 Å². The lowest BCUT2D eigenvalue weighted by Gasteiger charge is -2.34. The number of nitrogens with one attached hydrogen (secondary N) is 2. The van der Waals surface area contributed by atoms with E-state index in [1.807, 2.05) is 0 Å². The lowest BCUT2D eigenvalue weighted by molar-refractivity contribution is 0.0948. The van der Waals surface area contributed by atoms with Gasteiger partial charge in [0.25, 0.3) is 15.9 Å². The average Bonchev–Trinajstić information content (AvgIpc) is 3.37. The van der Waals surface area contributed by atoms with Gasteiger partial charge in [-0.1, -0.05) is 30.4 Å². The van der Waals surface area contributed by atoms with Crippen molar-refractivity contribution in [3.63, 3.8) is 0 Å². The summed E-state index contributed by atoms with van der Waals surface area (Å²) >= 11 is 1.74. The van der Waals surface area contributed by atoms with Crippen LogP contribution in [-0.2, 0) is 16.4 Å². The number of fused-ring (bicyclic) bond motifs is 1. The Morgan fingerprint density at radius 3 is 2.54 bits per heavy atom. The van der Waals surface area contributed by atoms with E-state index in [1.54, 1.807) is 29.5 Å². The van der Waals surface area contributed by atoms with Gasteiger partial charge in [0.15, 0.2) is 5.13 Å². The largest absolute Gasteiger partial charge is 0.351 e. The number of anilines is 2. The average molecular weight is 568 g/mol. The van der Waals surface area contributed by atoms with Crippen LogP contribution in [0.3, 0.4) is 0 Å². The van der Waals surface area contributed by atoms with Gasteiger partial charge in [-0.25, -0.2) is 17.8 Å². The van der Waals surface area contributed by atoms with E-state index in [1.165, 1.54) is 28.5 Å². The van der Waals surface area contributed by atoms with Crippen molar-refractivity contribution in [2.24, 2.45) is 0 Å². The van der Waals surface area contributed by atoms with Gasteiger partial charge >= 0.3 is 0 Å². The molecule has 3 aromatic carbocycles. The molecular weight excluding hydrogens is 537 g/mol. The van der Waals surface area contributed by atoms with Gasteiger partial charge in [0.2, 0.25) is 0 Å². The second kappa shape index (κ2) is 11.7. The van der Waals surface area contributed by atoms with Crippen molar-refractivity contribution in [3.8, 4) is 0 Å². The third-order valence-electron chi connectivity index (χ3n) is 6.71. The summed E-state index contributed by atoms with van der Waals surface area (Å²) in [5.74, 6) is -0.800. The van der Waals surface area contributed by atoms with Crippen LogP contribution in [0.4, 0.5) is 15.2 Å². The fourth-order valence-corrected chi connectivity index (χ4v) is 6.59. The minimum atomic E-state index is -3.90. The molecule has 2 heterocycles. The summed E-state index contributed by atoms with van der Waals surface area (Å²) < 4.78 is 42.0. The maximum Gasteiger partial charge on any atom is 0.261 e. The van der Waals surface area contributed by atoms with Crippen LogP contribution in [0, 0.1) is 5.82 Å². The molecule has 0 saturated carbocycles. The first-order valence-corrected chi connectivity index (χ1v) is 15.1. The van der Waals surface area contributed by atoms with Gasteiger partial charge in [-0.3, -0.25) is 14.4 Å². The number of piperazine rings is 1. The number of hydrogen-bond acceptors (Lipinski definition) is 7. The second-order valence-corrected chi connectivity index (χ2v) is 12.1. The van der Waals surface area contributed by atoms with Gasteiger partial charge in [-0.05, 0) is 66.6 Å². The summed E-state index contributed by atoms with van der Waals surface area (Å²) in [5.41, 5.74) is 2.97. The maximum atomic E-state index is 13.1. The lowest BCUT2D eigenvalue weighted by Crippen LogP contribution is -2.48. The number of carbonyl (C=O) groups excluding carboxylic acids is 1. The minimum absolute atomic E-state index is 0.0624. The fraction of sp³-hybridized carbons (Fsp3) is 0.286. The van der Waals surface area contributed by atoms with Crippen molar-refractivity contribution in [2.75, 3.05) is 48.9 Å². The quantitative estimate of drug-likeness (QED) is 0.312. The van der Waals surface area contributed by atoms with Crippen LogP contribution in [0.25, 0.3) is 10.2 Å². The first-order chi connectivity index (χ1) is 18.8. The van der Waals surface area contributed by atoms with Gasteiger partial charge in [0.05, 0.1) is 15.1 Å². The summed E-state index contributed by atoms with van der Waals surface area (Å²) in [5, 5.41) is 3.98. The maximum absolute atomic E-state index is 13.1. The first-order valence-electron chi connectivity index (χ1n) is 12.8. The Labute approximate surface area is 231 Å². The summed E-state index contributed by atoms with van der Waals surface area (Å²) in [6.45, 7) is 6.87. The highest BCUT2D eigenvalue weighted by Crippen LogP contribution is 2.30. The normalized spacial score (nSPS) is 14.5. The van der Waals surface area contributed by atoms with Crippen molar-refractivity contribution in [1.29, 1.82) is 0 Å². The summed E-state index contributed by atoms with van der Waals surface area (Å²) in [6, 6.07) is 17.3. The van der Waals surface area contributed by atoms with Crippen molar-refractivity contribution in [1.82, 2.24) is 15.2 Å². The van der Waals surface area contributed by atoms with Crippen LogP contribution in [-0.4, -0.2) is 63.5 Å². The molecule has 11 heteroatoms. The zero-order chi connectivity index (χ0) is 27.4. The molecule has 0 unspecified atom stereocenters. The predicted octanol–water partition coefficient (Wildman–Crippen LogP) is 4.35. The van der Waals surface area contributed by atoms with Crippen LogP contribution in [0.5, 0.6) is 0 Å². The Kier molecular flexibility index (Phi) is 8.10. The van der Waals surface area contributed by atoms with Crippen molar-refractivity contribution >= 4 is 48.3 Å². The van der Waals surface area contributed by atoms with E-state index >= 15 is 0 Å². The van der Waals surface area contributed by atoms with E-state index in [0.717, 1.165) is 61.9 Å². The number of amides is 1. The zero-order valence-corrected chi connectivity index (χ0v) is 23.2. The topological polar surface area (TPSA) is 94.6 Å². The molecule has 0 bridgehead atoms. The molecule has 1 aliphatic heterocycles.